The van der Waals surface area contributed by atoms with Gasteiger partial charge in [-0.2, -0.15) is 0 Å². The second-order valence-electron chi connectivity index (χ2n) is 5.09. The van der Waals surface area contributed by atoms with Gasteiger partial charge in [-0.05, 0) is 76.2 Å². The largest absolute Gasteiger partial charge is 0.329 e. The highest BCUT2D eigenvalue weighted by molar-refractivity contribution is 9.13. The van der Waals surface area contributed by atoms with Crippen LogP contribution in [0, 0.1) is 5.92 Å². The van der Waals surface area contributed by atoms with Crippen LogP contribution in [0.4, 0.5) is 0 Å². The molecule has 2 unspecified atom stereocenters. The minimum atomic E-state index is 0.378. The average Bonchev–Trinajstić information content (AvgIpc) is 2.53. The highest BCUT2D eigenvalue weighted by Gasteiger charge is 2.24. The Balaban J connectivity index is 2.12. The molecule has 0 saturated carbocycles. The molecule has 0 radical (unpaired) electrons. The van der Waals surface area contributed by atoms with Gasteiger partial charge in [0.15, 0.2) is 0 Å². The van der Waals surface area contributed by atoms with Crippen molar-refractivity contribution in [2.45, 2.75) is 32.2 Å². The monoisotopic (exact) mass is 394 g/mol. The Morgan fingerprint density at radius 1 is 1.44 bits per heavy atom. The van der Waals surface area contributed by atoms with Crippen molar-refractivity contribution in [3.05, 3.63) is 19.2 Å². The van der Waals surface area contributed by atoms with Crippen molar-refractivity contribution in [2.75, 3.05) is 19.6 Å². The first-order valence-corrected chi connectivity index (χ1v) is 8.91. The van der Waals surface area contributed by atoms with Crippen molar-refractivity contribution in [2.24, 2.45) is 11.7 Å². The Bertz CT molecular complexity index is 375. The van der Waals surface area contributed by atoms with E-state index in [1.807, 2.05) is 0 Å². The zero-order valence-corrected chi connectivity index (χ0v) is 14.7. The lowest BCUT2D eigenvalue weighted by atomic mass is 10.0. The summed E-state index contributed by atoms with van der Waals surface area (Å²) in [6.45, 7) is 5.42. The fraction of sp³-hybridized carbons (Fsp3) is 0.692. The minimum Gasteiger partial charge on any atom is -0.329 e. The number of likely N-dealkylation sites (tertiary alicyclic amines) is 1. The first-order chi connectivity index (χ1) is 8.61. The molecule has 0 amide bonds. The third-order valence-electron chi connectivity index (χ3n) is 3.71. The van der Waals surface area contributed by atoms with E-state index in [1.165, 1.54) is 41.0 Å². The van der Waals surface area contributed by atoms with E-state index >= 15 is 0 Å². The average molecular weight is 396 g/mol. The van der Waals surface area contributed by atoms with Crippen LogP contribution in [-0.2, 0) is 0 Å². The molecule has 2 heterocycles. The molecule has 1 fully saturated rings. The van der Waals surface area contributed by atoms with Crippen LogP contribution in [0.15, 0.2) is 14.3 Å². The molecule has 0 spiro atoms. The molecule has 1 aliphatic heterocycles. The summed E-state index contributed by atoms with van der Waals surface area (Å²) in [6.07, 6.45) is 3.95. The van der Waals surface area contributed by atoms with Crippen LogP contribution in [0.2, 0.25) is 0 Å². The number of hydrogen-bond donors (Lipinski definition) is 1. The second kappa shape index (κ2) is 6.84. The predicted molar refractivity (Wildman–Crippen MR) is 86.1 cm³/mol. The summed E-state index contributed by atoms with van der Waals surface area (Å²) < 4.78 is 2.31. The molecule has 0 aliphatic carbocycles. The van der Waals surface area contributed by atoms with Crippen molar-refractivity contribution in [1.29, 1.82) is 0 Å². The van der Waals surface area contributed by atoms with E-state index in [0.717, 1.165) is 10.4 Å². The van der Waals surface area contributed by atoms with E-state index in [2.05, 4.69) is 49.7 Å². The van der Waals surface area contributed by atoms with E-state index in [1.54, 1.807) is 11.3 Å². The van der Waals surface area contributed by atoms with Crippen molar-refractivity contribution >= 4 is 43.2 Å². The summed E-state index contributed by atoms with van der Waals surface area (Å²) in [5, 5.41) is 0. The highest BCUT2D eigenvalue weighted by Crippen LogP contribution is 2.37. The van der Waals surface area contributed by atoms with Gasteiger partial charge in [-0.25, -0.2) is 0 Å². The molecule has 18 heavy (non-hydrogen) atoms. The van der Waals surface area contributed by atoms with Crippen LogP contribution >= 0.6 is 43.2 Å². The molecular weight excluding hydrogens is 376 g/mol. The van der Waals surface area contributed by atoms with Gasteiger partial charge in [-0.15, -0.1) is 11.3 Å². The lowest BCUT2D eigenvalue weighted by molar-refractivity contribution is 0.210. The maximum absolute atomic E-state index is 6.02. The summed E-state index contributed by atoms with van der Waals surface area (Å²) >= 11 is 8.94. The summed E-state index contributed by atoms with van der Waals surface area (Å²) in [4.78, 5) is 3.93. The van der Waals surface area contributed by atoms with E-state index in [0.29, 0.717) is 12.6 Å². The molecule has 0 bridgehead atoms. The Morgan fingerprint density at radius 2 is 2.22 bits per heavy atom. The normalized spacial score (nSPS) is 23.9. The lowest BCUT2D eigenvalue weighted by Gasteiger charge is -2.28. The van der Waals surface area contributed by atoms with Gasteiger partial charge < -0.3 is 5.73 Å². The highest BCUT2D eigenvalue weighted by atomic mass is 79.9. The quantitative estimate of drug-likeness (QED) is 0.821. The van der Waals surface area contributed by atoms with E-state index in [-0.39, 0.29) is 0 Å². The zero-order chi connectivity index (χ0) is 13.1. The molecule has 1 aromatic rings. The standard InChI is InChI=1S/C13H20Br2N2S/c1-9-3-2-5-17(6-4-9)11(8-16)12-7-10(14)13(15)18-12/h7,9,11H,2-6,8,16H2,1H3. The Hall–Kier alpha value is 0.580. The molecule has 1 aromatic heterocycles. The van der Waals surface area contributed by atoms with Gasteiger partial charge in [0.05, 0.1) is 9.83 Å². The molecule has 102 valence electrons. The summed E-state index contributed by atoms with van der Waals surface area (Å²) in [7, 11) is 0. The predicted octanol–water partition coefficient (Wildman–Crippen LogP) is 4.39. The van der Waals surface area contributed by atoms with Gasteiger partial charge in [0.1, 0.15) is 0 Å². The van der Waals surface area contributed by atoms with Crippen LogP contribution in [-0.4, -0.2) is 24.5 Å². The molecule has 2 atom stereocenters. The van der Waals surface area contributed by atoms with Gasteiger partial charge >= 0.3 is 0 Å². The van der Waals surface area contributed by atoms with Gasteiger partial charge in [0.25, 0.3) is 0 Å². The molecule has 0 aromatic carbocycles. The molecule has 2 rings (SSSR count). The third-order valence-corrected chi connectivity index (χ3v) is 7.07. The number of thiophene rings is 1. The number of rotatable bonds is 3. The SMILES string of the molecule is CC1CCCN(C(CN)c2cc(Br)c(Br)s2)CC1. The summed E-state index contributed by atoms with van der Waals surface area (Å²) in [6, 6.07) is 2.59. The first-order valence-electron chi connectivity index (χ1n) is 6.50. The number of nitrogens with zero attached hydrogens (tertiary/aromatic N) is 1. The second-order valence-corrected chi connectivity index (χ2v) is 8.35. The van der Waals surface area contributed by atoms with E-state index in [9.17, 15) is 0 Å². The Morgan fingerprint density at radius 3 is 2.83 bits per heavy atom. The number of nitrogens with two attached hydrogens (primary N) is 1. The topological polar surface area (TPSA) is 29.3 Å². The molecule has 1 aliphatic rings. The fourth-order valence-electron chi connectivity index (χ4n) is 2.57. The van der Waals surface area contributed by atoms with Crippen molar-refractivity contribution in [3.8, 4) is 0 Å². The van der Waals surface area contributed by atoms with Crippen LogP contribution in [0.3, 0.4) is 0 Å². The van der Waals surface area contributed by atoms with Gasteiger partial charge in [-0.1, -0.05) is 6.92 Å². The molecule has 2 N–H and O–H groups in total. The number of halogens is 2. The minimum absolute atomic E-state index is 0.378. The molecule has 2 nitrogen and oxygen atoms in total. The van der Waals surface area contributed by atoms with Crippen molar-refractivity contribution < 1.29 is 0 Å². The van der Waals surface area contributed by atoms with Crippen molar-refractivity contribution in [3.63, 3.8) is 0 Å². The van der Waals surface area contributed by atoms with Gasteiger partial charge in [0, 0.05) is 15.9 Å². The van der Waals surface area contributed by atoms with Crippen molar-refractivity contribution in [1.82, 2.24) is 4.90 Å². The summed E-state index contributed by atoms with van der Waals surface area (Å²) in [5.41, 5.74) is 6.02. The van der Waals surface area contributed by atoms with Crippen LogP contribution < -0.4 is 5.73 Å². The molecule has 1 saturated heterocycles. The van der Waals surface area contributed by atoms with E-state index in [4.69, 9.17) is 5.73 Å². The zero-order valence-electron chi connectivity index (χ0n) is 10.7. The van der Waals surface area contributed by atoms with Crippen LogP contribution in [0.1, 0.15) is 37.1 Å². The lowest BCUT2D eigenvalue weighted by Crippen LogP contribution is -2.34. The fourth-order valence-corrected chi connectivity index (χ4v) is 4.81. The van der Waals surface area contributed by atoms with Crippen LogP contribution in [0.25, 0.3) is 0 Å². The summed E-state index contributed by atoms with van der Waals surface area (Å²) in [5.74, 6) is 0.857. The smallest absolute Gasteiger partial charge is 0.0843 e. The third kappa shape index (κ3) is 3.57. The number of hydrogen-bond acceptors (Lipinski definition) is 3. The first kappa shape index (κ1) is 15.0. The molecular formula is C13H20Br2N2S. The van der Waals surface area contributed by atoms with Gasteiger partial charge in [-0.3, -0.25) is 4.90 Å². The maximum atomic E-state index is 6.02. The van der Waals surface area contributed by atoms with Crippen LogP contribution in [0.5, 0.6) is 0 Å². The van der Waals surface area contributed by atoms with E-state index < -0.39 is 0 Å². The van der Waals surface area contributed by atoms with Gasteiger partial charge in [0.2, 0.25) is 0 Å². The molecule has 5 heteroatoms. The Kier molecular flexibility index (Phi) is 5.69. The Labute approximate surface area is 130 Å². The maximum Gasteiger partial charge on any atom is 0.0843 e.